The average molecular weight is 391 g/mol. The lowest BCUT2D eigenvalue weighted by atomic mass is 10.2. The van der Waals surface area contributed by atoms with Crippen LogP contribution < -0.4 is 4.90 Å². The van der Waals surface area contributed by atoms with Crippen LogP contribution >= 0.6 is 0 Å². The van der Waals surface area contributed by atoms with Crippen molar-refractivity contribution in [3.05, 3.63) is 73.1 Å². The largest absolute Gasteiger partial charge is 0.360 e. The Morgan fingerprint density at radius 1 is 1.34 bits per heavy atom. The number of nitrogens with zero attached hydrogens (tertiary/aromatic N) is 6. The van der Waals surface area contributed by atoms with E-state index >= 15 is 0 Å². The number of allylic oxidation sites excluding steroid dienone is 3. The van der Waals surface area contributed by atoms with E-state index in [0.29, 0.717) is 6.54 Å². The molecule has 1 aliphatic rings. The normalized spacial score (nSPS) is 15.3. The maximum absolute atomic E-state index is 4.82. The van der Waals surface area contributed by atoms with E-state index in [9.17, 15) is 0 Å². The fraction of sp³-hybridized carbons (Fsp3) is 0.348. The topological polar surface area (TPSA) is 49.6 Å². The summed E-state index contributed by atoms with van der Waals surface area (Å²) in [6.45, 7) is 12.9. The quantitative estimate of drug-likeness (QED) is 0.393. The molecule has 152 valence electrons. The van der Waals surface area contributed by atoms with Crippen molar-refractivity contribution in [1.29, 1.82) is 0 Å². The molecule has 29 heavy (non-hydrogen) atoms. The van der Waals surface area contributed by atoms with Crippen molar-refractivity contribution in [2.75, 3.05) is 18.0 Å². The van der Waals surface area contributed by atoms with Crippen molar-refractivity contribution < 1.29 is 0 Å². The zero-order valence-corrected chi connectivity index (χ0v) is 17.6. The first-order chi connectivity index (χ1) is 14.1. The summed E-state index contributed by atoms with van der Waals surface area (Å²) in [6.07, 6.45) is 15.9. The summed E-state index contributed by atoms with van der Waals surface area (Å²) in [6, 6.07) is 3.94. The summed E-state index contributed by atoms with van der Waals surface area (Å²) in [5.41, 5.74) is 4.04. The van der Waals surface area contributed by atoms with Gasteiger partial charge in [-0.3, -0.25) is 4.98 Å². The Balaban J connectivity index is 1.83. The number of pyridine rings is 1. The number of aryl methyl sites for hydroxylation is 1. The highest BCUT2D eigenvalue weighted by molar-refractivity contribution is 5.81. The zero-order chi connectivity index (χ0) is 20.6. The van der Waals surface area contributed by atoms with E-state index < -0.39 is 0 Å². The molecule has 3 rings (SSSR count). The highest BCUT2D eigenvalue weighted by Crippen LogP contribution is 2.19. The van der Waals surface area contributed by atoms with Gasteiger partial charge in [0.1, 0.15) is 5.84 Å². The molecule has 0 radical (unpaired) electrons. The molecule has 2 aromatic heterocycles. The Kier molecular flexibility index (Phi) is 7.00. The van der Waals surface area contributed by atoms with Crippen LogP contribution in [0.4, 0.5) is 5.69 Å². The number of amidine groups is 1. The minimum absolute atomic E-state index is 0.632. The maximum atomic E-state index is 4.82. The molecule has 0 amide bonds. The first-order valence-electron chi connectivity index (χ1n) is 10.1. The first-order valence-corrected chi connectivity index (χ1v) is 10.1. The smallest absolute Gasteiger partial charge is 0.101 e. The van der Waals surface area contributed by atoms with Crippen molar-refractivity contribution >= 4 is 17.2 Å². The number of aliphatic imine (C=N–C) groups is 1. The minimum Gasteiger partial charge on any atom is -0.360 e. The lowest BCUT2D eigenvalue weighted by Gasteiger charge is -2.18. The van der Waals surface area contributed by atoms with Crippen molar-refractivity contribution in [1.82, 2.24) is 19.7 Å². The van der Waals surface area contributed by atoms with Gasteiger partial charge in [-0.05, 0) is 63.6 Å². The van der Waals surface area contributed by atoms with Gasteiger partial charge in [-0.1, -0.05) is 12.7 Å². The predicted octanol–water partition coefficient (Wildman–Crippen LogP) is 4.63. The van der Waals surface area contributed by atoms with Crippen LogP contribution in [-0.2, 0) is 6.54 Å². The van der Waals surface area contributed by atoms with Crippen LogP contribution in [0.2, 0.25) is 0 Å². The van der Waals surface area contributed by atoms with E-state index in [0.717, 1.165) is 41.6 Å². The van der Waals surface area contributed by atoms with Gasteiger partial charge in [0.2, 0.25) is 0 Å². The molecular formula is C23H30N6. The van der Waals surface area contributed by atoms with E-state index in [1.807, 2.05) is 65.6 Å². The van der Waals surface area contributed by atoms with Gasteiger partial charge in [-0.15, -0.1) is 0 Å². The van der Waals surface area contributed by atoms with Gasteiger partial charge < -0.3 is 9.80 Å². The molecule has 0 spiro atoms. The molecule has 0 N–H and O–H groups in total. The third-order valence-electron chi connectivity index (χ3n) is 5.07. The highest BCUT2D eigenvalue weighted by Gasteiger charge is 2.13. The Bertz CT molecular complexity index is 901. The summed E-state index contributed by atoms with van der Waals surface area (Å²) in [5, 5.41) is 4.82. The van der Waals surface area contributed by atoms with Gasteiger partial charge >= 0.3 is 0 Å². The molecule has 2 aromatic rings. The van der Waals surface area contributed by atoms with Crippen molar-refractivity contribution in [2.45, 2.75) is 40.2 Å². The molecule has 0 saturated carbocycles. The number of likely N-dealkylation sites (tertiary alicyclic amines) is 1. The summed E-state index contributed by atoms with van der Waals surface area (Å²) >= 11 is 0. The summed E-state index contributed by atoms with van der Waals surface area (Å²) < 4.78 is 1.90. The number of aromatic nitrogens is 3. The Hall–Kier alpha value is -3.15. The van der Waals surface area contributed by atoms with Crippen LogP contribution in [0.5, 0.6) is 0 Å². The fourth-order valence-corrected chi connectivity index (χ4v) is 3.36. The van der Waals surface area contributed by atoms with Gasteiger partial charge in [0.15, 0.2) is 0 Å². The standard InChI is InChI=1S/C23H30N6/c1-5-10-22(16-25-20(4)28-13-7-8-14-28)29-17-19(3)23(26-29)18-27(6-2)21-11-9-12-24-15-21/h5-6,9-12,15-17H,2,7-8,13-14,18H2,1,3-4H3/b10-5-,22-16+,25-20?. The van der Waals surface area contributed by atoms with E-state index in [1.54, 1.807) is 6.20 Å². The molecule has 0 aliphatic carbocycles. The number of hydrogen-bond acceptors (Lipinski definition) is 4. The molecule has 0 aromatic carbocycles. The molecule has 0 atom stereocenters. The predicted molar refractivity (Wildman–Crippen MR) is 121 cm³/mol. The number of anilines is 1. The first kappa shape index (κ1) is 20.6. The SMILES string of the molecule is C=CN(Cc1nn(C(/C=C\C)=C/N=C(C)N2CCCC2)cc1C)c1cccnc1. The third-order valence-corrected chi connectivity index (χ3v) is 5.07. The molecule has 0 unspecified atom stereocenters. The number of rotatable bonds is 7. The monoisotopic (exact) mass is 390 g/mol. The second-order valence-corrected chi connectivity index (χ2v) is 7.15. The van der Waals surface area contributed by atoms with Crippen molar-refractivity contribution in [2.24, 2.45) is 4.99 Å². The Labute approximate surface area is 173 Å². The van der Waals surface area contributed by atoms with E-state index in [4.69, 9.17) is 10.1 Å². The highest BCUT2D eigenvalue weighted by atomic mass is 15.3. The van der Waals surface area contributed by atoms with E-state index in [2.05, 4.69) is 30.3 Å². The molecule has 1 aliphatic heterocycles. The van der Waals surface area contributed by atoms with Gasteiger partial charge in [0, 0.05) is 25.5 Å². The van der Waals surface area contributed by atoms with E-state index in [-0.39, 0.29) is 0 Å². The van der Waals surface area contributed by atoms with Crippen LogP contribution in [0, 0.1) is 6.92 Å². The fourth-order valence-electron chi connectivity index (χ4n) is 3.36. The minimum atomic E-state index is 0.632. The van der Waals surface area contributed by atoms with E-state index in [1.165, 1.54) is 12.8 Å². The second kappa shape index (κ2) is 9.87. The van der Waals surface area contributed by atoms with Gasteiger partial charge in [-0.25, -0.2) is 9.67 Å². The van der Waals surface area contributed by atoms with Gasteiger partial charge in [-0.2, -0.15) is 5.10 Å². The van der Waals surface area contributed by atoms with Crippen LogP contribution in [0.15, 0.2) is 66.8 Å². The van der Waals surface area contributed by atoms with Gasteiger partial charge in [0.05, 0.1) is 36.0 Å². The van der Waals surface area contributed by atoms with Crippen LogP contribution in [0.1, 0.15) is 37.9 Å². The Morgan fingerprint density at radius 3 is 2.79 bits per heavy atom. The van der Waals surface area contributed by atoms with Crippen molar-refractivity contribution in [3.8, 4) is 0 Å². The average Bonchev–Trinajstić information content (AvgIpc) is 3.40. The lowest BCUT2D eigenvalue weighted by Crippen LogP contribution is -2.24. The molecular weight excluding hydrogens is 360 g/mol. The van der Waals surface area contributed by atoms with Crippen LogP contribution in [-0.4, -0.2) is 38.6 Å². The summed E-state index contributed by atoms with van der Waals surface area (Å²) in [4.78, 5) is 13.3. The molecule has 1 fully saturated rings. The lowest BCUT2D eigenvalue weighted by molar-refractivity contribution is 0.516. The van der Waals surface area contributed by atoms with Crippen LogP contribution in [0.3, 0.4) is 0 Å². The van der Waals surface area contributed by atoms with Gasteiger partial charge in [0.25, 0.3) is 0 Å². The zero-order valence-electron chi connectivity index (χ0n) is 17.6. The summed E-state index contributed by atoms with van der Waals surface area (Å²) in [5.74, 6) is 1.06. The molecule has 3 heterocycles. The summed E-state index contributed by atoms with van der Waals surface area (Å²) in [7, 11) is 0. The molecule has 6 nitrogen and oxygen atoms in total. The van der Waals surface area contributed by atoms with Crippen molar-refractivity contribution in [3.63, 3.8) is 0 Å². The van der Waals surface area contributed by atoms with Crippen LogP contribution in [0.25, 0.3) is 5.70 Å². The number of hydrogen-bond donors (Lipinski definition) is 0. The molecule has 6 heteroatoms. The Morgan fingerprint density at radius 2 is 2.14 bits per heavy atom. The molecule has 1 saturated heterocycles. The molecule has 0 bridgehead atoms. The third kappa shape index (κ3) is 5.22. The second-order valence-electron chi connectivity index (χ2n) is 7.15. The maximum Gasteiger partial charge on any atom is 0.101 e.